The number of nitrogens with zero attached hydrogens (tertiary/aromatic N) is 3. The third kappa shape index (κ3) is 4.16. The molecule has 0 fully saturated rings. The van der Waals surface area contributed by atoms with Crippen LogP contribution >= 0.6 is 11.6 Å². The van der Waals surface area contributed by atoms with Gasteiger partial charge in [0.25, 0.3) is 0 Å². The summed E-state index contributed by atoms with van der Waals surface area (Å²) in [5.74, 6) is 0.325. The Balaban J connectivity index is 2.60. The highest BCUT2D eigenvalue weighted by Gasteiger charge is 2.19. The van der Waals surface area contributed by atoms with E-state index in [-0.39, 0.29) is 17.2 Å². The van der Waals surface area contributed by atoms with E-state index in [0.29, 0.717) is 13.0 Å². The molecule has 0 aromatic carbocycles. The van der Waals surface area contributed by atoms with Crippen LogP contribution in [0.25, 0.3) is 0 Å². The number of nitrogen functional groups attached to an aromatic ring is 1. The van der Waals surface area contributed by atoms with Crippen LogP contribution in [0.15, 0.2) is 0 Å². The predicted molar refractivity (Wildman–Crippen MR) is 63.3 cm³/mol. The van der Waals surface area contributed by atoms with Gasteiger partial charge in [-0.2, -0.15) is 15.0 Å². The van der Waals surface area contributed by atoms with Crippen LogP contribution in [0.4, 0.5) is 11.9 Å². The zero-order valence-corrected chi connectivity index (χ0v) is 10.1. The van der Waals surface area contributed by atoms with Crippen molar-refractivity contribution in [3.05, 3.63) is 5.28 Å². The molecule has 0 saturated carbocycles. The van der Waals surface area contributed by atoms with Crippen LogP contribution in [0, 0.1) is 0 Å². The lowest BCUT2D eigenvalue weighted by molar-refractivity contribution is 0.0635. The van der Waals surface area contributed by atoms with Crippen LogP contribution in [0.1, 0.15) is 26.7 Å². The molecule has 0 aliphatic carbocycles. The Kier molecular flexibility index (Phi) is 4.26. The van der Waals surface area contributed by atoms with Gasteiger partial charge in [0, 0.05) is 6.54 Å². The van der Waals surface area contributed by atoms with Gasteiger partial charge in [0.15, 0.2) is 0 Å². The molecule has 1 unspecified atom stereocenters. The second kappa shape index (κ2) is 5.27. The van der Waals surface area contributed by atoms with Crippen LogP contribution in [-0.2, 0) is 0 Å². The third-order valence-electron chi connectivity index (χ3n) is 2.04. The van der Waals surface area contributed by atoms with Gasteiger partial charge in [0.05, 0.1) is 5.60 Å². The summed E-state index contributed by atoms with van der Waals surface area (Å²) in [7, 11) is 0. The minimum Gasteiger partial charge on any atom is -0.388 e. The second-order valence-corrected chi connectivity index (χ2v) is 4.22. The fraction of sp³-hybridized carbons (Fsp3) is 0.667. The van der Waals surface area contributed by atoms with E-state index in [0.717, 1.165) is 6.42 Å². The Morgan fingerprint density at radius 2 is 2.12 bits per heavy atom. The van der Waals surface area contributed by atoms with E-state index in [2.05, 4.69) is 20.3 Å². The van der Waals surface area contributed by atoms with E-state index in [4.69, 9.17) is 17.3 Å². The molecule has 16 heavy (non-hydrogen) atoms. The van der Waals surface area contributed by atoms with Gasteiger partial charge in [-0.1, -0.05) is 13.3 Å². The standard InChI is InChI=1S/C9H16ClN5O/c1-3-4-9(2,16)5-12-8-14-6(10)13-7(11)15-8/h16H,3-5H2,1-2H3,(H3,11,12,13,14,15). The maximum atomic E-state index is 9.92. The first-order valence-electron chi connectivity index (χ1n) is 5.06. The number of nitrogens with one attached hydrogen (secondary N) is 1. The normalized spacial score (nSPS) is 14.5. The molecule has 0 bridgehead atoms. The predicted octanol–water partition coefficient (Wildman–Crippen LogP) is 1.07. The molecule has 90 valence electrons. The summed E-state index contributed by atoms with van der Waals surface area (Å²) >= 11 is 5.62. The molecule has 1 heterocycles. The topological polar surface area (TPSA) is 97.0 Å². The van der Waals surface area contributed by atoms with Gasteiger partial charge >= 0.3 is 0 Å². The third-order valence-corrected chi connectivity index (χ3v) is 2.21. The van der Waals surface area contributed by atoms with Crippen molar-refractivity contribution in [1.82, 2.24) is 15.0 Å². The lowest BCUT2D eigenvalue weighted by Gasteiger charge is -2.22. The van der Waals surface area contributed by atoms with Crippen LogP contribution in [0.5, 0.6) is 0 Å². The molecule has 1 aromatic rings. The number of hydrogen-bond acceptors (Lipinski definition) is 6. The molecule has 0 radical (unpaired) electrons. The van der Waals surface area contributed by atoms with Crippen molar-refractivity contribution >= 4 is 23.5 Å². The van der Waals surface area contributed by atoms with Crippen molar-refractivity contribution in [3.8, 4) is 0 Å². The Bertz CT molecular complexity index is 338. The summed E-state index contributed by atoms with van der Waals surface area (Å²) in [6.45, 7) is 4.09. The molecule has 0 amide bonds. The van der Waals surface area contributed by atoms with Crippen molar-refractivity contribution in [3.63, 3.8) is 0 Å². The first kappa shape index (κ1) is 12.9. The fourth-order valence-corrected chi connectivity index (χ4v) is 1.51. The monoisotopic (exact) mass is 245 g/mol. The van der Waals surface area contributed by atoms with E-state index in [9.17, 15) is 5.11 Å². The average Bonchev–Trinajstić information content (AvgIpc) is 2.13. The van der Waals surface area contributed by atoms with Gasteiger partial charge in [-0.05, 0) is 24.9 Å². The van der Waals surface area contributed by atoms with Gasteiger partial charge in [-0.15, -0.1) is 0 Å². The molecule has 7 heteroatoms. The number of aliphatic hydroxyl groups is 1. The molecule has 1 atom stereocenters. The molecule has 1 aromatic heterocycles. The van der Waals surface area contributed by atoms with Crippen LogP contribution < -0.4 is 11.1 Å². The maximum Gasteiger partial charge on any atom is 0.228 e. The van der Waals surface area contributed by atoms with Gasteiger partial charge < -0.3 is 16.2 Å². The molecule has 0 saturated heterocycles. The zero-order chi connectivity index (χ0) is 12.2. The van der Waals surface area contributed by atoms with Crippen molar-refractivity contribution in [2.45, 2.75) is 32.3 Å². The Hall–Kier alpha value is -1.14. The summed E-state index contributed by atoms with van der Waals surface area (Å²) in [6, 6.07) is 0. The number of nitrogens with two attached hydrogens (primary N) is 1. The first-order valence-corrected chi connectivity index (χ1v) is 5.44. The average molecular weight is 246 g/mol. The van der Waals surface area contributed by atoms with E-state index in [1.165, 1.54) is 0 Å². The maximum absolute atomic E-state index is 9.92. The molecule has 0 aliphatic heterocycles. The van der Waals surface area contributed by atoms with E-state index in [1.807, 2.05) is 6.92 Å². The van der Waals surface area contributed by atoms with Gasteiger partial charge in [-0.25, -0.2) is 0 Å². The smallest absolute Gasteiger partial charge is 0.228 e. The molecule has 0 aliphatic rings. The minimum atomic E-state index is -0.803. The van der Waals surface area contributed by atoms with Crippen LogP contribution in [0.3, 0.4) is 0 Å². The molecule has 1 rings (SSSR count). The number of aromatic nitrogens is 3. The minimum absolute atomic E-state index is 0.0325. The summed E-state index contributed by atoms with van der Waals surface area (Å²) in [6.07, 6.45) is 1.59. The Morgan fingerprint density at radius 3 is 2.69 bits per heavy atom. The summed E-state index contributed by atoms with van der Waals surface area (Å²) in [5.41, 5.74) is 4.61. The molecular formula is C9H16ClN5O. The number of rotatable bonds is 5. The van der Waals surface area contributed by atoms with Gasteiger partial charge in [-0.3, -0.25) is 0 Å². The molecule has 4 N–H and O–H groups in total. The zero-order valence-electron chi connectivity index (χ0n) is 9.37. The van der Waals surface area contributed by atoms with Gasteiger partial charge in [0.1, 0.15) is 0 Å². The van der Waals surface area contributed by atoms with Crippen LogP contribution in [0.2, 0.25) is 5.28 Å². The highest BCUT2D eigenvalue weighted by atomic mass is 35.5. The molecular weight excluding hydrogens is 230 g/mol. The summed E-state index contributed by atoms with van der Waals surface area (Å²) in [5, 5.41) is 12.8. The Morgan fingerprint density at radius 1 is 1.44 bits per heavy atom. The molecule has 6 nitrogen and oxygen atoms in total. The van der Waals surface area contributed by atoms with Gasteiger partial charge in [0.2, 0.25) is 17.2 Å². The van der Waals surface area contributed by atoms with Crippen molar-refractivity contribution in [1.29, 1.82) is 0 Å². The number of halogens is 1. The van der Waals surface area contributed by atoms with Crippen molar-refractivity contribution in [2.24, 2.45) is 0 Å². The summed E-state index contributed by atoms with van der Waals surface area (Å²) < 4.78 is 0. The number of hydrogen-bond donors (Lipinski definition) is 3. The number of anilines is 2. The van der Waals surface area contributed by atoms with E-state index < -0.39 is 5.60 Å². The summed E-state index contributed by atoms with van der Waals surface area (Å²) in [4.78, 5) is 11.3. The highest BCUT2D eigenvalue weighted by Crippen LogP contribution is 2.13. The van der Waals surface area contributed by atoms with Crippen molar-refractivity contribution in [2.75, 3.05) is 17.6 Å². The highest BCUT2D eigenvalue weighted by molar-refractivity contribution is 6.28. The SMILES string of the molecule is CCCC(C)(O)CNc1nc(N)nc(Cl)n1. The van der Waals surface area contributed by atoms with E-state index in [1.54, 1.807) is 6.92 Å². The van der Waals surface area contributed by atoms with Crippen molar-refractivity contribution < 1.29 is 5.11 Å². The first-order chi connectivity index (χ1) is 7.43. The quantitative estimate of drug-likeness (QED) is 0.718. The Labute approximate surface area is 99.3 Å². The second-order valence-electron chi connectivity index (χ2n) is 3.89. The molecule has 0 spiro atoms. The lowest BCUT2D eigenvalue weighted by atomic mass is 10.0. The fourth-order valence-electron chi connectivity index (χ4n) is 1.34. The van der Waals surface area contributed by atoms with E-state index >= 15 is 0 Å². The largest absolute Gasteiger partial charge is 0.388 e. The lowest BCUT2D eigenvalue weighted by Crippen LogP contribution is -2.33. The van der Waals surface area contributed by atoms with Crippen LogP contribution in [-0.4, -0.2) is 32.2 Å².